The van der Waals surface area contributed by atoms with Gasteiger partial charge in [0, 0.05) is 5.92 Å². The Morgan fingerprint density at radius 2 is 1.28 bits per heavy atom. The number of carbonyl (C=O) groups excluding carboxylic acids is 1. The second kappa shape index (κ2) is 14.1. The number of unbranched alkanes of at least 4 members (excludes halogenated alkanes) is 10. The van der Waals surface area contributed by atoms with Crippen molar-refractivity contribution in [3.63, 3.8) is 0 Å². The van der Waals surface area contributed by atoms with Crippen LogP contribution in [-0.4, -0.2) is 5.78 Å². The Kier molecular flexibility index (Phi) is 12.4. The molecule has 0 spiro atoms. The van der Waals surface area contributed by atoms with E-state index in [1.165, 1.54) is 81.8 Å². The largest absolute Gasteiger partial charge is 0.300 e. The summed E-state index contributed by atoms with van der Waals surface area (Å²) in [5.41, 5.74) is 2.59. The lowest BCUT2D eigenvalue weighted by Gasteiger charge is -2.14. The third-order valence-electron chi connectivity index (χ3n) is 5.33. The molecule has 0 aliphatic heterocycles. The Morgan fingerprint density at radius 3 is 1.76 bits per heavy atom. The number of Topliss-reactive ketones (excluding diaryl/α,β-unsaturated/α-hetero) is 1. The van der Waals surface area contributed by atoms with E-state index < -0.39 is 0 Å². The fraction of sp³-hybridized carbons (Fsp3) is 0.708. The van der Waals surface area contributed by atoms with Gasteiger partial charge in [0.2, 0.25) is 0 Å². The van der Waals surface area contributed by atoms with Gasteiger partial charge in [-0.15, -0.1) is 0 Å². The van der Waals surface area contributed by atoms with Crippen molar-refractivity contribution < 1.29 is 4.79 Å². The molecule has 1 rings (SSSR count). The van der Waals surface area contributed by atoms with Gasteiger partial charge in [-0.2, -0.15) is 0 Å². The average molecular weight is 345 g/mol. The van der Waals surface area contributed by atoms with Gasteiger partial charge in [-0.3, -0.25) is 4.79 Å². The molecule has 1 heteroatoms. The smallest absolute Gasteiger partial charge is 0.133 e. The van der Waals surface area contributed by atoms with Gasteiger partial charge < -0.3 is 0 Å². The first-order chi connectivity index (χ1) is 12.1. The molecule has 25 heavy (non-hydrogen) atoms. The van der Waals surface area contributed by atoms with E-state index in [-0.39, 0.29) is 5.92 Å². The van der Waals surface area contributed by atoms with Gasteiger partial charge in [-0.05, 0) is 32.3 Å². The highest BCUT2D eigenvalue weighted by Crippen LogP contribution is 2.19. The van der Waals surface area contributed by atoms with Crippen LogP contribution in [0.5, 0.6) is 0 Å². The Balaban J connectivity index is 2.07. The second-order valence-corrected chi connectivity index (χ2v) is 7.82. The molecule has 0 aliphatic rings. The van der Waals surface area contributed by atoms with Crippen molar-refractivity contribution in [1.82, 2.24) is 0 Å². The molecule has 0 saturated carbocycles. The Labute approximate surface area is 156 Å². The summed E-state index contributed by atoms with van der Waals surface area (Å²) >= 11 is 0. The molecule has 0 saturated heterocycles. The molecule has 142 valence electrons. The number of hydrogen-bond acceptors (Lipinski definition) is 1. The highest BCUT2D eigenvalue weighted by Gasteiger charge is 2.14. The number of ketones is 1. The van der Waals surface area contributed by atoms with E-state index in [1.54, 1.807) is 6.92 Å². The maximum Gasteiger partial charge on any atom is 0.133 e. The molecule has 0 aliphatic carbocycles. The first-order valence-corrected chi connectivity index (χ1v) is 10.7. The predicted molar refractivity (Wildman–Crippen MR) is 110 cm³/mol. The minimum atomic E-state index is 0.210. The third-order valence-corrected chi connectivity index (χ3v) is 5.33. The molecule has 0 amide bonds. The van der Waals surface area contributed by atoms with Gasteiger partial charge in [-0.1, -0.05) is 107 Å². The first-order valence-electron chi connectivity index (χ1n) is 10.7. The van der Waals surface area contributed by atoms with E-state index in [4.69, 9.17) is 0 Å². The van der Waals surface area contributed by atoms with Gasteiger partial charge in [0.05, 0.1) is 0 Å². The van der Waals surface area contributed by atoms with Crippen LogP contribution in [0.3, 0.4) is 0 Å². The summed E-state index contributed by atoms with van der Waals surface area (Å²) < 4.78 is 0. The fourth-order valence-corrected chi connectivity index (χ4v) is 3.51. The summed E-state index contributed by atoms with van der Waals surface area (Å²) in [7, 11) is 0. The Morgan fingerprint density at radius 1 is 0.800 bits per heavy atom. The lowest BCUT2D eigenvalue weighted by atomic mass is 9.90. The molecule has 1 nitrogen and oxygen atoms in total. The number of benzene rings is 1. The summed E-state index contributed by atoms with van der Waals surface area (Å²) in [5.74, 6) is 0.564. The van der Waals surface area contributed by atoms with Crippen molar-refractivity contribution in [2.24, 2.45) is 5.92 Å². The molecule has 1 aromatic carbocycles. The molecule has 1 aromatic rings. The van der Waals surface area contributed by atoms with Gasteiger partial charge in [0.1, 0.15) is 5.78 Å². The second-order valence-electron chi connectivity index (χ2n) is 7.82. The van der Waals surface area contributed by atoms with Crippen LogP contribution in [0.2, 0.25) is 0 Å². The molecule has 0 fully saturated rings. The lowest BCUT2D eigenvalue weighted by Crippen LogP contribution is -2.14. The van der Waals surface area contributed by atoms with Gasteiger partial charge in [0.25, 0.3) is 0 Å². The minimum absolute atomic E-state index is 0.210. The third kappa shape index (κ3) is 11.2. The van der Waals surface area contributed by atoms with E-state index in [0.717, 1.165) is 12.8 Å². The van der Waals surface area contributed by atoms with E-state index in [2.05, 4.69) is 38.1 Å². The van der Waals surface area contributed by atoms with E-state index >= 15 is 0 Å². The van der Waals surface area contributed by atoms with Crippen LogP contribution in [0.4, 0.5) is 0 Å². The summed E-state index contributed by atoms with van der Waals surface area (Å²) in [6.45, 7) is 6.15. The monoisotopic (exact) mass is 344 g/mol. The number of rotatable bonds is 15. The van der Waals surface area contributed by atoms with Crippen LogP contribution < -0.4 is 0 Å². The quantitative estimate of drug-likeness (QED) is 0.302. The van der Waals surface area contributed by atoms with Gasteiger partial charge >= 0.3 is 0 Å². The van der Waals surface area contributed by atoms with Crippen molar-refractivity contribution in [1.29, 1.82) is 0 Å². The van der Waals surface area contributed by atoms with Crippen LogP contribution in [0.1, 0.15) is 102 Å². The maximum atomic E-state index is 11.9. The molecular weight excluding hydrogens is 304 g/mol. The Hall–Kier alpha value is -1.11. The zero-order valence-electron chi connectivity index (χ0n) is 17.0. The molecule has 0 heterocycles. The van der Waals surface area contributed by atoms with Gasteiger partial charge in [-0.25, -0.2) is 0 Å². The normalized spacial score (nSPS) is 12.3. The topological polar surface area (TPSA) is 17.1 Å². The zero-order chi connectivity index (χ0) is 18.3. The summed E-state index contributed by atoms with van der Waals surface area (Å²) in [6.07, 6.45) is 17.0. The van der Waals surface area contributed by atoms with E-state index in [0.29, 0.717) is 5.78 Å². The standard InChI is InChI=1S/C24H40O/c1-4-5-6-7-8-9-10-11-12-13-14-15-24(22(3)25)20-23-18-16-21(2)17-19-23/h16-19,24H,4-15,20H2,1-3H3. The highest BCUT2D eigenvalue weighted by molar-refractivity contribution is 5.78. The fourth-order valence-electron chi connectivity index (χ4n) is 3.51. The van der Waals surface area contributed by atoms with Crippen LogP contribution in [0.25, 0.3) is 0 Å². The van der Waals surface area contributed by atoms with Crippen molar-refractivity contribution in [2.45, 2.75) is 104 Å². The van der Waals surface area contributed by atoms with Crippen molar-refractivity contribution >= 4 is 5.78 Å². The average Bonchev–Trinajstić information content (AvgIpc) is 2.60. The molecule has 0 radical (unpaired) electrons. The SMILES string of the molecule is CCCCCCCCCCCCCC(Cc1ccc(C)cc1)C(C)=O. The zero-order valence-corrected chi connectivity index (χ0v) is 17.0. The number of aryl methyl sites for hydroxylation is 1. The minimum Gasteiger partial charge on any atom is -0.300 e. The summed E-state index contributed by atoms with van der Waals surface area (Å²) in [4.78, 5) is 11.9. The molecule has 1 unspecified atom stereocenters. The van der Waals surface area contributed by atoms with Crippen LogP contribution in [-0.2, 0) is 11.2 Å². The van der Waals surface area contributed by atoms with Crippen LogP contribution in [0.15, 0.2) is 24.3 Å². The van der Waals surface area contributed by atoms with E-state index in [9.17, 15) is 4.79 Å². The summed E-state index contributed by atoms with van der Waals surface area (Å²) in [5, 5.41) is 0. The molecule has 0 N–H and O–H groups in total. The molecule has 0 aromatic heterocycles. The van der Waals surface area contributed by atoms with Crippen molar-refractivity contribution in [3.05, 3.63) is 35.4 Å². The van der Waals surface area contributed by atoms with Crippen molar-refractivity contribution in [3.8, 4) is 0 Å². The summed E-state index contributed by atoms with van der Waals surface area (Å²) in [6, 6.07) is 8.64. The van der Waals surface area contributed by atoms with E-state index in [1.807, 2.05) is 0 Å². The van der Waals surface area contributed by atoms with Gasteiger partial charge in [0.15, 0.2) is 0 Å². The Bertz CT molecular complexity index is 446. The molecular formula is C24H40O. The predicted octanol–water partition coefficient (Wildman–Crippen LogP) is 7.44. The van der Waals surface area contributed by atoms with Crippen LogP contribution in [0, 0.1) is 12.8 Å². The number of carbonyl (C=O) groups is 1. The highest BCUT2D eigenvalue weighted by atomic mass is 16.1. The lowest BCUT2D eigenvalue weighted by molar-refractivity contribution is -0.120. The maximum absolute atomic E-state index is 11.9. The number of hydrogen-bond donors (Lipinski definition) is 0. The first kappa shape index (κ1) is 21.9. The molecule has 1 atom stereocenters. The van der Waals surface area contributed by atoms with Crippen molar-refractivity contribution in [2.75, 3.05) is 0 Å². The van der Waals surface area contributed by atoms with Crippen LogP contribution >= 0.6 is 0 Å². The molecule has 0 bridgehead atoms.